The third-order valence-electron chi connectivity index (χ3n) is 14.6. The number of carbonyl (C=O) groups excluding carboxylic acids is 2. The highest BCUT2D eigenvalue weighted by Crippen LogP contribution is 2.38. The Bertz CT molecular complexity index is 1710. The van der Waals surface area contributed by atoms with Crippen molar-refractivity contribution in [1.29, 1.82) is 0 Å². The maximum Gasteiger partial charge on any atom is 0.306 e. The largest absolute Gasteiger partial charge is 0.756 e. The lowest BCUT2D eigenvalue weighted by molar-refractivity contribution is -0.870. The molecule has 0 aromatic carbocycles. The molecular formula is C72H128NO8P. The number of rotatable bonds is 62. The molecule has 0 amide bonds. The average Bonchev–Trinajstić information content (AvgIpc) is 3.46. The van der Waals surface area contributed by atoms with Crippen LogP contribution in [0.5, 0.6) is 0 Å². The van der Waals surface area contributed by atoms with Crippen molar-refractivity contribution in [1.82, 2.24) is 0 Å². The van der Waals surface area contributed by atoms with Gasteiger partial charge in [-0.15, -0.1) is 0 Å². The van der Waals surface area contributed by atoms with Crippen LogP contribution >= 0.6 is 7.82 Å². The minimum absolute atomic E-state index is 0.0330. The summed E-state index contributed by atoms with van der Waals surface area (Å²) in [6, 6.07) is 0. The molecule has 0 fully saturated rings. The standard InChI is InChI=1S/C72H128NO8P/c1-6-8-10-12-14-16-18-20-22-24-26-28-29-30-31-32-33-34-35-36-37-38-39-40-41-42-43-45-47-49-51-53-55-57-59-61-63-65-72(75)81-70(69-80-82(76,77)79-67-66-73(3,4)5)68-78-71(74)64-62-60-58-56-54-52-50-48-46-44-27-25-23-21-19-17-15-13-11-9-7-2/h8,10,14,16,20,22,25-28,30-31,33-34,36-37,70H,6-7,9,11-13,15,17-19,21,23-24,29,32,35,38-69H2,1-5H3/b10-8-,16-14-,22-20-,27-25-,28-26-,31-30-,34-33-,37-36-. The number of quaternary nitrogens is 1. The highest BCUT2D eigenvalue weighted by atomic mass is 31.2. The van der Waals surface area contributed by atoms with Gasteiger partial charge in [-0.25, -0.2) is 0 Å². The molecule has 0 spiro atoms. The number of ether oxygens (including phenoxy) is 2. The van der Waals surface area contributed by atoms with Gasteiger partial charge >= 0.3 is 11.9 Å². The Labute approximate surface area is 506 Å². The summed E-state index contributed by atoms with van der Waals surface area (Å²) < 4.78 is 34.3. The minimum atomic E-state index is -4.64. The summed E-state index contributed by atoms with van der Waals surface area (Å²) in [6.45, 7) is 4.15. The van der Waals surface area contributed by atoms with Gasteiger partial charge in [0.05, 0.1) is 27.7 Å². The second-order valence-corrected chi connectivity index (χ2v) is 25.2. The molecule has 0 bridgehead atoms. The first-order valence-corrected chi connectivity index (χ1v) is 35.4. The lowest BCUT2D eigenvalue weighted by Crippen LogP contribution is -2.37. The fourth-order valence-corrected chi connectivity index (χ4v) is 10.1. The zero-order valence-electron chi connectivity index (χ0n) is 53.9. The predicted molar refractivity (Wildman–Crippen MR) is 351 cm³/mol. The third-order valence-corrected chi connectivity index (χ3v) is 15.6. The topological polar surface area (TPSA) is 111 Å². The third kappa shape index (κ3) is 66.1. The van der Waals surface area contributed by atoms with Gasteiger partial charge in [0.15, 0.2) is 6.10 Å². The van der Waals surface area contributed by atoms with Crippen LogP contribution in [-0.4, -0.2) is 70.0 Å². The molecular weight excluding hydrogens is 1040 g/mol. The number of hydrogen-bond donors (Lipinski definition) is 0. The van der Waals surface area contributed by atoms with E-state index in [4.69, 9.17) is 18.5 Å². The number of likely N-dealkylation sites (N-methyl/N-ethyl adjacent to an activating group) is 1. The minimum Gasteiger partial charge on any atom is -0.756 e. The molecule has 474 valence electrons. The summed E-state index contributed by atoms with van der Waals surface area (Å²) in [6.07, 6.45) is 86.2. The number of allylic oxidation sites excluding steroid dienone is 16. The van der Waals surface area contributed by atoms with E-state index in [1.54, 1.807) is 0 Å². The van der Waals surface area contributed by atoms with Crippen molar-refractivity contribution in [2.45, 2.75) is 302 Å². The lowest BCUT2D eigenvalue weighted by atomic mass is 10.0. The molecule has 0 aliphatic carbocycles. The van der Waals surface area contributed by atoms with Gasteiger partial charge in [-0.3, -0.25) is 14.2 Å². The zero-order chi connectivity index (χ0) is 59.8. The van der Waals surface area contributed by atoms with Gasteiger partial charge in [-0.05, 0) is 96.3 Å². The van der Waals surface area contributed by atoms with E-state index in [0.29, 0.717) is 17.4 Å². The van der Waals surface area contributed by atoms with Gasteiger partial charge in [-0.2, -0.15) is 0 Å². The monoisotopic (exact) mass is 1170 g/mol. The molecule has 0 aliphatic heterocycles. The van der Waals surface area contributed by atoms with Crippen LogP contribution in [-0.2, 0) is 32.7 Å². The Morgan fingerprint density at radius 3 is 1.05 bits per heavy atom. The Balaban J connectivity index is 4.04. The first-order chi connectivity index (χ1) is 40.0. The SMILES string of the molecule is CC/C=C\C/C=C\C/C=C\C/C=C\C/C=C\C/C=C\C/C=C\CCCCCCCCCCCCCCCCCC(=O)OC(COC(=O)CCCCCCCCCCC/C=C\CCCCCCCCCC)COP(=O)([O-])OCC[N+](C)(C)C. The van der Waals surface area contributed by atoms with E-state index in [0.717, 1.165) is 83.5 Å². The van der Waals surface area contributed by atoms with Gasteiger partial charge < -0.3 is 27.9 Å². The second kappa shape index (κ2) is 62.5. The van der Waals surface area contributed by atoms with Crippen molar-refractivity contribution in [3.63, 3.8) is 0 Å². The van der Waals surface area contributed by atoms with Crippen molar-refractivity contribution in [3.8, 4) is 0 Å². The highest BCUT2D eigenvalue weighted by molar-refractivity contribution is 7.45. The molecule has 0 radical (unpaired) electrons. The van der Waals surface area contributed by atoms with Crippen LogP contribution in [0, 0.1) is 0 Å². The molecule has 9 nitrogen and oxygen atoms in total. The summed E-state index contributed by atoms with van der Waals surface area (Å²) in [5.74, 6) is -0.829. The van der Waals surface area contributed by atoms with Crippen molar-refractivity contribution in [2.75, 3.05) is 47.5 Å². The van der Waals surface area contributed by atoms with Crippen LogP contribution < -0.4 is 4.89 Å². The van der Waals surface area contributed by atoms with Crippen molar-refractivity contribution in [3.05, 3.63) is 97.2 Å². The van der Waals surface area contributed by atoms with E-state index in [1.165, 1.54) is 180 Å². The molecule has 0 rings (SSSR count). The van der Waals surface area contributed by atoms with E-state index in [2.05, 4.69) is 111 Å². The summed E-state index contributed by atoms with van der Waals surface area (Å²) in [5, 5.41) is 0. The van der Waals surface area contributed by atoms with Crippen LogP contribution in [0.3, 0.4) is 0 Å². The molecule has 82 heavy (non-hydrogen) atoms. The van der Waals surface area contributed by atoms with E-state index < -0.39 is 26.5 Å². The molecule has 0 saturated heterocycles. The summed E-state index contributed by atoms with van der Waals surface area (Å²) >= 11 is 0. The zero-order valence-corrected chi connectivity index (χ0v) is 54.8. The highest BCUT2D eigenvalue weighted by Gasteiger charge is 2.22. The van der Waals surface area contributed by atoms with Crippen molar-refractivity contribution in [2.24, 2.45) is 0 Å². The first-order valence-electron chi connectivity index (χ1n) is 33.9. The molecule has 0 N–H and O–H groups in total. The fourth-order valence-electron chi connectivity index (χ4n) is 9.40. The molecule has 0 saturated carbocycles. The van der Waals surface area contributed by atoms with Gasteiger partial charge in [-0.1, -0.05) is 284 Å². The molecule has 2 unspecified atom stereocenters. The van der Waals surface area contributed by atoms with Crippen LogP contribution in [0.2, 0.25) is 0 Å². The quantitative estimate of drug-likeness (QED) is 0.0195. The number of nitrogens with zero attached hydrogens (tertiary/aromatic N) is 1. The van der Waals surface area contributed by atoms with E-state index in [1.807, 2.05) is 21.1 Å². The van der Waals surface area contributed by atoms with Gasteiger partial charge in [0.2, 0.25) is 0 Å². The van der Waals surface area contributed by atoms with E-state index in [-0.39, 0.29) is 32.0 Å². The predicted octanol–water partition coefficient (Wildman–Crippen LogP) is 21.3. The number of hydrogen-bond acceptors (Lipinski definition) is 8. The molecule has 2 atom stereocenters. The lowest BCUT2D eigenvalue weighted by Gasteiger charge is -2.28. The number of phosphoric acid groups is 1. The number of unbranched alkanes of at least 4 members (excludes halogenated alkanes) is 32. The van der Waals surface area contributed by atoms with E-state index in [9.17, 15) is 19.0 Å². The number of carbonyl (C=O) groups is 2. The summed E-state index contributed by atoms with van der Waals surface area (Å²) in [4.78, 5) is 38.0. The molecule has 0 heterocycles. The first kappa shape index (κ1) is 78.9. The molecule has 10 heteroatoms. The van der Waals surface area contributed by atoms with Crippen molar-refractivity contribution >= 4 is 19.8 Å². The van der Waals surface area contributed by atoms with Gasteiger partial charge in [0.1, 0.15) is 19.8 Å². The smallest absolute Gasteiger partial charge is 0.306 e. The van der Waals surface area contributed by atoms with Crippen LogP contribution in [0.1, 0.15) is 296 Å². The number of phosphoric ester groups is 1. The maximum atomic E-state index is 12.9. The normalized spacial score (nSPS) is 13.8. The van der Waals surface area contributed by atoms with Crippen molar-refractivity contribution < 1.29 is 42.1 Å². The second-order valence-electron chi connectivity index (χ2n) is 23.8. The Morgan fingerprint density at radius 1 is 0.390 bits per heavy atom. The number of esters is 2. The Morgan fingerprint density at radius 2 is 0.695 bits per heavy atom. The Kier molecular flexibility index (Phi) is 60.1. The van der Waals surface area contributed by atoms with E-state index >= 15 is 0 Å². The maximum absolute atomic E-state index is 12.9. The molecule has 0 aromatic rings. The average molecular weight is 1170 g/mol. The fraction of sp³-hybridized carbons (Fsp3) is 0.750. The van der Waals surface area contributed by atoms with Gasteiger partial charge in [0, 0.05) is 12.8 Å². The summed E-state index contributed by atoms with van der Waals surface area (Å²) in [7, 11) is 1.17. The molecule has 0 aliphatic rings. The van der Waals surface area contributed by atoms with Crippen LogP contribution in [0.15, 0.2) is 97.2 Å². The summed E-state index contributed by atoms with van der Waals surface area (Å²) in [5.41, 5.74) is 0. The molecule has 0 aromatic heterocycles. The van der Waals surface area contributed by atoms with Gasteiger partial charge in [0.25, 0.3) is 7.82 Å². The van der Waals surface area contributed by atoms with Crippen LogP contribution in [0.4, 0.5) is 0 Å². The van der Waals surface area contributed by atoms with Crippen LogP contribution in [0.25, 0.3) is 0 Å². The Hall–Kier alpha value is -3.07.